The van der Waals surface area contributed by atoms with Crippen LogP contribution in [-0.4, -0.2) is 14.1 Å². The molecule has 3 nitrogen and oxygen atoms in total. The zero-order valence-electron chi connectivity index (χ0n) is 20.6. The average Bonchev–Trinajstić information content (AvgIpc) is 3.50. The highest BCUT2D eigenvalue weighted by Crippen LogP contribution is 2.37. The van der Waals surface area contributed by atoms with E-state index in [1.54, 1.807) is 0 Å². The minimum atomic E-state index is 1.12. The number of fused-ring (bicyclic) bond motifs is 6. The monoisotopic (exact) mass is 485 g/mol. The molecule has 5 aromatic carbocycles. The van der Waals surface area contributed by atoms with E-state index in [0.717, 1.165) is 11.2 Å². The molecular formula is C35H23N3. The first-order chi connectivity index (χ1) is 18.9. The van der Waals surface area contributed by atoms with Crippen LogP contribution >= 0.6 is 0 Å². The van der Waals surface area contributed by atoms with Gasteiger partial charge in [-0.15, -0.1) is 0 Å². The molecule has 8 aromatic rings. The van der Waals surface area contributed by atoms with Crippen molar-refractivity contribution in [3.63, 3.8) is 0 Å². The lowest BCUT2D eigenvalue weighted by molar-refractivity contribution is 1.17. The van der Waals surface area contributed by atoms with Gasteiger partial charge in [-0.2, -0.15) is 0 Å². The quantitative estimate of drug-likeness (QED) is 0.245. The molecule has 0 fully saturated rings. The number of hydrogen-bond acceptors (Lipinski definition) is 1. The Morgan fingerprint density at radius 2 is 0.895 bits per heavy atom. The van der Waals surface area contributed by atoms with Crippen molar-refractivity contribution in [2.45, 2.75) is 0 Å². The van der Waals surface area contributed by atoms with E-state index in [9.17, 15) is 0 Å². The average molecular weight is 486 g/mol. The van der Waals surface area contributed by atoms with Crippen molar-refractivity contribution in [1.29, 1.82) is 0 Å². The molecule has 0 spiro atoms. The maximum Gasteiger partial charge on any atom is 0.0724 e. The molecule has 0 N–H and O–H groups in total. The first kappa shape index (κ1) is 21.0. The molecule has 0 atom stereocenters. The zero-order valence-corrected chi connectivity index (χ0v) is 20.6. The Hall–Kier alpha value is -5.15. The van der Waals surface area contributed by atoms with Crippen LogP contribution in [0.1, 0.15) is 0 Å². The summed E-state index contributed by atoms with van der Waals surface area (Å²) >= 11 is 0. The fourth-order valence-electron chi connectivity index (χ4n) is 5.91. The SMILES string of the molecule is c1ccc(-n2c3ccccc3c3ccc(-c4ccc5c6ccncc6n(-c6ccccc6)c5c4)cc32)cc1. The summed E-state index contributed by atoms with van der Waals surface area (Å²) in [6, 6.07) is 45.6. The molecule has 8 rings (SSSR count). The lowest BCUT2D eigenvalue weighted by atomic mass is 10.0. The van der Waals surface area contributed by atoms with Crippen LogP contribution in [0, 0.1) is 0 Å². The fraction of sp³-hybridized carbons (Fsp3) is 0. The molecule has 0 unspecified atom stereocenters. The Kier molecular flexibility index (Phi) is 4.52. The highest BCUT2D eigenvalue weighted by atomic mass is 15.0. The molecule has 0 saturated heterocycles. The van der Waals surface area contributed by atoms with Gasteiger partial charge in [-0.25, -0.2) is 0 Å². The summed E-state index contributed by atoms with van der Waals surface area (Å²) in [5.41, 5.74) is 9.42. The number of rotatable bonds is 3. The van der Waals surface area contributed by atoms with E-state index in [4.69, 9.17) is 0 Å². The van der Waals surface area contributed by atoms with Crippen molar-refractivity contribution < 1.29 is 0 Å². The third-order valence-corrected chi connectivity index (χ3v) is 7.61. The number of hydrogen-bond donors (Lipinski definition) is 0. The highest BCUT2D eigenvalue weighted by molar-refractivity contribution is 6.12. The molecule has 0 aliphatic carbocycles. The van der Waals surface area contributed by atoms with Crippen LogP contribution in [0.25, 0.3) is 66.1 Å². The van der Waals surface area contributed by atoms with Gasteiger partial charge in [0, 0.05) is 39.1 Å². The molecule has 178 valence electrons. The third-order valence-electron chi connectivity index (χ3n) is 7.61. The van der Waals surface area contributed by atoms with Crippen molar-refractivity contribution in [1.82, 2.24) is 14.1 Å². The van der Waals surface area contributed by atoms with E-state index in [1.807, 2.05) is 12.4 Å². The Labute approximate surface area is 219 Å². The second-order valence-corrected chi connectivity index (χ2v) is 9.72. The van der Waals surface area contributed by atoms with Gasteiger partial charge in [0.05, 0.1) is 28.3 Å². The smallest absolute Gasteiger partial charge is 0.0724 e. The van der Waals surface area contributed by atoms with Crippen molar-refractivity contribution in [2.75, 3.05) is 0 Å². The van der Waals surface area contributed by atoms with Crippen molar-refractivity contribution in [3.05, 3.63) is 140 Å². The van der Waals surface area contributed by atoms with Gasteiger partial charge in [-0.05, 0) is 59.7 Å². The first-order valence-electron chi connectivity index (χ1n) is 12.9. The number of benzene rings is 5. The van der Waals surface area contributed by atoms with E-state index in [2.05, 4.69) is 142 Å². The molecule has 0 aliphatic heterocycles. The molecule has 0 aliphatic rings. The van der Waals surface area contributed by atoms with Gasteiger partial charge in [0.2, 0.25) is 0 Å². The van der Waals surface area contributed by atoms with E-state index in [-0.39, 0.29) is 0 Å². The Morgan fingerprint density at radius 3 is 1.53 bits per heavy atom. The molecule has 3 heteroatoms. The Morgan fingerprint density at radius 1 is 0.395 bits per heavy atom. The summed E-state index contributed by atoms with van der Waals surface area (Å²) in [4.78, 5) is 4.44. The predicted octanol–water partition coefficient (Wildman–Crippen LogP) is 8.94. The lowest BCUT2D eigenvalue weighted by Crippen LogP contribution is -1.94. The van der Waals surface area contributed by atoms with Crippen molar-refractivity contribution in [3.8, 4) is 22.5 Å². The molecule has 0 amide bonds. The van der Waals surface area contributed by atoms with E-state index >= 15 is 0 Å². The summed E-state index contributed by atoms with van der Waals surface area (Å²) < 4.78 is 4.69. The molecule has 0 radical (unpaired) electrons. The Bertz CT molecular complexity index is 1960. The summed E-state index contributed by atoms with van der Waals surface area (Å²) in [5, 5.41) is 4.98. The van der Waals surface area contributed by atoms with Crippen LogP contribution in [0.4, 0.5) is 0 Å². The maximum atomic E-state index is 4.44. The predicted molar refractivity (Wildman–Crippen MR) is 158 cm³/mol. The largest absolute Gasteiger partial charge is 0.309 e. The van der Waals surface area contributed by atoms with Crippen molar-refractivity contribution in [2.24, 2.45) is 0 Å². The molecule has 3 heterocycles. The molecule has 0 saturated carbocycles. The summed E-state index contributed by atoms with van der Waals surface area (Å²) in [6.07, 6.45) is 3.84. The fourth-order valence-corrected chi connectivity index (χ4v) is 5.91. The lowest BCUT2D eigenvalue weighted by Gasteiger charge is -2.10. The standard InChI is InChI=1S/C35H23N3/c1-3-9-26(10-4-1)37-32-14-8-7-13-28(32)29-17-15-24(21-33(29)37)25-16-18-30-31-19-20-36-23-35(31)38(34(30)22-25)27-11-5-2-6-12-27/h1-23H. The van der Waals surface area contributed by atoms with E-state index in [0.29, 0.717) is 0 Å². The maximum absolute atomic E-state index is 4.44. The van der Waals surface area contributed by atoms with Gasteiger partial charge < -0.3 is 9.13 Å². The minimum absolute atomic E-state index is 1.12. The molecular weight excluding hydrogens is 462 g/mol. The van der Waals surface area contributed by atoms with Gasteiger partial charge in [0.1, 0.15) is 0 Å². The van der Waals surface area contributed by atoms with Gasteiger partial charge in [0.15, 0.2) is 0 Å². The first-order valence-corrected chi connectivity index (χ1v) is 12.9. The van der Waals surface area contributed by atoms with Crippen molar-refractivity contribution >= 4 is 43.6 Å². The molecule has 0 bridgehead atoms. The normalized spacial score (nSPS) is 11.7. The highest BCUT2D eigenvalue weighted by Gasteiger charge is 2.16. The van der Waals surface area contributed by atoms with Crippen LogP contribution in [0.2, 0.25) is 0 Å². The summed E-state index contributed by atoms with van der Waals surface area (Å²) in [7, 11) is 0. The van der Waals surface area contributed by atoms with Crippen LogP contribution < -0.4 is 0 Å². The molecule has 3 aromatic heterocycles. The zero-order chi connectivity index (χ0) is 25.1. The Balaban J connectivity index is 1.40. The van der Waals surface area contributed by atoms with Crippen LogP contribution in [-0.2, 0) is 0 Å². The van der Waals surface area contributed by atoms with Crippen LogP contribution in [0.3, 0.4) is 0 Å². The number of para-hydroxylation sites is 3. The van der Waals surface area contributed by atoms with E-state index < -0.39 is 0 Å². The van der Waals surface area contributed by atoms with Crippen LogP contribution in [0.5, 0.6) is 0 Å². The minimum Gasteiger partial charge on any atom is -0.309 e. The topological polar surface area (TPSA) is 22.8 Å². The number of pyridine rings is 1. The number of aromatic nitrogens is 3. The van der Waals surface area contributed by atoms with Gasteiger partial charge >= 0.3 is 0 Å². The van der Waals surface area contributed by atoms with Gasteiger partial charge in [-0.1, -0.05) is 78.9 Å². The number of nitrogens with zero attached hydrogens (tertiary/aromatic N) is 3. The van der Waals surface area contributed by atoms with Crippen LogP contribution in [0.15, 0.2) is 140 Å². The molecule has 38 heavy (non-hydrogen) atoms. The van der Waals surface area contributed by atoms with E-state index in [1.165, 1.54) is 54.9 Å². The van der Waals surface area contributed by atoms with Gasteiger partial charge in [-0.3, -0.25) is 4.98 Å². The second-order valence-electron chi connectivity index (χ2n) is 9.72. The van der Waals surface area contributed by atoms with Gasteiger partial charge in [0.25, 0.3) is 0 Å². The summed E-state index contributed by atoms with van der Waals surface area (Å²) in [5.74, 6) is 0. The summed E-state index contributed by atoms with van der Waals surface area (Å²) in [6.45, 7) is 0. The second kappa shape index (κ2) is 8.19. The third kappa shape index (κ3) is 3.06.